The smallest absolute Gasteiger partial charge is 0.305 e. The van der Waals surface area contributed by atoms with Gasteiger partial charge >= 0.3 is 5.97 Å². The summed E-state index contributed by atoms with van der Waals surface area (Å²) in [7, 11) is 1.40. The lowest BCUT2D eigenvalue weighted by atomic mass is 9.70. The Labute approximate surface area is 108 Å². The van der Waals surface area contributed by atoms with E-state index in [4.69, 9.17) is 4.74 Å². The van der Waals surface area contributed by atoms with E-state index in [0.717, 1.165) is 31.2 Å². The van der Waals surface area contributed by atoms with Crippen LogP contribution in [-0.4, -0.2) is 18.2 Å². The zero-order valence-corrected chi connectivity index (χ0v) is 10.8. The van der Waals surface area contributed by atoms with Gasteiger partial charge in [-0.05, 0) is 18.4 Å². The molecular formula is C15H20O3. The zero-order valence-electron chi connectivity index (χ0n) is 10.8. The highest BCUT2D eigenvalue weighted by atomic mass is 16.5. The van der Waals surface area contributed by atoms with Crippen molar-refractivity contribution in [2.75, 3.05) is 7.11 Å². The highest BCUT2D eigenvalue weighted by molar-refractivity contribution is 5.69. The van der Waals surface area contributed by atoms with Crippen molar-refractivity contribution >= 4 is 5.97 Å². The number of aliphatic hydroxyl groups is 1. The number of rotatable bonds is 3. The van der Waals surface area contributed by atoms with Crippen LogP contribution in [0.1, 0.15) is 37.7 Å². The number of hydrogen-bond acceptors (Lipinski definition) is 3. The van der Waals surface area contributed by atoms with E-state index in [9.17, 15) is 9.90 Å². The van der Waals surface area contributed by atoms with Gasteiger partial charge in [0.05, 0.1) is 19.1 Å². The second kappa shape index (κ2) is 5.53. The molecule has 0 bridgehead atoms. The van der Waals surface area contributed by atoms with Crippen molar-refractivity contribution in [3.63, 3.8) is 0 Å². The van der Waals surface area contributed by atoms with Crippen LogP contribution in [0.3, 0.4) is 0 Å². The summed E-state index contributed by atoms with van der Waals surface area (Å²) >= 11 is 0. The van der Waals surface area contributed by atoms with Crippen molar-refractivity contribution in [2.24, 2.45) is 5.92 Å². The van der Waals surface area contributed by atoms with Crippen LogP contribution >= 0.6 is 0 Å². The molecular weight excluding hydrogens is 228 g/mol. The van der Waals surface area contributed by atoms with Gasteiger partial charge in [0.2, 0.25) is 0 Å². The molecule has 1 N–H and O–H groups in total. The fourth-order valence-electron chi connectivity index (χ4n) is 2.89. The maximum atomic E-state index is 11.5. The molecule has 2 atom stereocenters. The van der Waals surface area contributed by atoms with Crippen LogP contribution in [0.25, 0.3) is 0 Å². The molecule has 3 heteroatoms. The van der Waals surface area contributed by atoms with Crippen molar-refractivity contribution in [1.82, 2.24) is 0 Å². The third-order valence-corrected chi connectivity index (χ3v) is 3.95. The molecule has 1 aliphatic carbocycles. The summed E-state index contributed by atoms with van der Waals surface area (Å²) in [5, 5.41) is 10.9. The molecule has 1 saturated carbocycles. The molecule has 98 valence electrons. The van der Waals surface area contributed by atoms with E-state index in [1.807, 2.05) is 30.3 Å². The van der Waals surface area contributed by atoms with Crippen LogP contribution in [0.15, 0.2) is 30.3 Å². The van der Waals surface area contributed by atoms with Crippen molar-refractivity contribution in [3.05, 3.63) is 35.9 Å². The maximum absolute atomic E-state index is 11.5. The number of carbonyl (C=O) groups is 1. The Bertz CT molecular complexity index is 401. The minimum absolute atomic E-state index is 0.0406. The standard InChI is InChI=1S/C15H20O3/c1-18-14(16)11-13-9-5-6-10-15(13,17)12-7-3-2-4-8-12/h2-4,7-8,13,17H,5-6,9-11H2,1H3/t13-,15+/m0/s1. The summed E-state index contributed by atoms with van der Waals surface area (Å²) in [6, 6.07) is 9.67. The molecule has 1 fully saturated rings. The number of carbonyl (C=O) groups excluding carboxylic acids is 1. The van der Waals surface area contributed by atoms with E-state index in [-0.39, 0.29) is 11.9 Å². The van der Waals surface area contributed by atoms with Crippen LogP contribution < -0.4 is 0 Å². The van der Waals surface area contributed by atoms with Gasteiger partial charge in [-0.25, -0.2) is 0 Å². The summed E-state index contributed by atoms with van der Waals surface area (Å²) < 4.78 is 4.73. The summed E-state index contributed by atoms with van der Waals surface area (Å²) in [4.78, 5) is 11.5. The third kappa shape index (κ3) is 2.56. The van der Waals surface area contributed by atoms with Crippen molar-refractivity contribution in [3.8, 4) is 0 Å². The first-order valence-corrected chi connectivity index (χ1v) is 6.51. The number of ether oxygens (including phenoxy) is 1. The van der Waals surface area contributed by atoms with Gasteiger partial charge in [-0.1, -0.05) is 43.2 Å². The first kappa shape index (κ1) is 13.1. The summed E-state index contributed by atoms with van der Waals surface area (Å²) in [6.07, 6.45) is 3.96. The Balaban J connectivity index is 2.23. The van der Waals surface area contributed by atoms with E-state index in [1.54, 1.807) is 0 Å². The molecule has 0 unspecified atom stereocenters. The highest BCUT2D eigenvalue weighted by Gasteiger charge is 2.41. The van der Waals surface area contributed by atoms with Gasteiger partial charge in [-0.2, -0.15) is 0 Å². The molecule has 0 amide bonds. The van der Waals surface area contributed by atoms with Gasteiger partial charge in [0.25, 0.3) is 0 Å². The molecule has 0 heterocycles. The molecule has 0 radical (unpaired) electrons. The van der Waals surface area contributed by atoms with Crippen molar-refractivity contribution in [1.29, 1.82) is 0 Å². The predicted molar refractivity (Wildman–Crippen MR) is 68.9 cm³/mol. The average molecular weight is 248 g/mol. The van der Waals surface area contributed by atoms with Gasteiger partial charge < -0.3 is 9.84 Å². The molecule has 0 spiro atoms. The third-order valence-electron chi connectivity index (χ3n) is 3.95. The lowest BCUT2D eigenvalue weighted by Crippen LogP contribution is -2.39. The molecule has 3 nitrogen and oxygen atoms in total. The van der Waals surface area contributed by atoms with Gasteiger partial charge in [0.15, 0.2) is 0 Å². The Hall–Kier alpha value is -1.35. The Kier molecular flexibility index (Phi) is 4.02. The van der Waals surface area contributed by atoms with E-state index in [1.165, 1.54) is 7.11 Å². The summed E-state index contributed by atoms with van der Waals surface area (Å²) in [5.74, 6) is -0.280. The van der Waals surface area contributed by atoms with Gasteiger partial charge in [-0.3, -0.25) is 4.79 Å². The summed E-state index contributed by atoms with van der Waals surface area (Å²) in [6.45, 7) is 0. The molecule has 1 aliphatic rings. The minimum Gasteiger partial charge on any atom is -0.469 e. The van der Waals surface area contributed by atoms with Crippen LogP contribution in [0.4, 0.5) is 0 Å². The number of hydrogen-bond donors (Lipinski definition) is 1. The monoisotopic (exact) mass is 248 g/mol. The minimum atomic E-state index is -0.881. The Morgan fingerprint density at radius 2 is 2.11 bits per heavy atom. The lowest BCUT2D eigenvalue weighted by molar-refractivity contribution is -0.146. The van der Waals surface area contributed by atoms with E-state index in [0.29, 0.717) is 6.42 Å². The molecule has 2 rings (SSSR count). The van der Waals surface area contributed by atoms with E-state index in [2.05, 4.69) is 0 Å². The molecule has 0 aromatic heterocycles. The van der Waals surface area contributed by atoms with E-state index >= 15 is 0 Å². The first-order chi connectivity index (χ1) is 8.66. The van der Waals surface area contributed by atoms with Crippen LogP contribution in [0, 0.1) is 5.92 Å². The second-order valence-electron chi connectivity index (χ2n) is 5.01. The van der Waals surface area contributed by atoms with Crippen molar-refractivity contribution in [2.45, 2.75) is 37.7 Å². The van der Waals surface area contributed by atoms with Gasteiger partial charge in [0, 0.05) is 5.92 Å². The second-order valence-corrected chi connectivity index (χ2v) is 5.01. The van der Waals surface area contributed by atoms with E-state index < -0.39 is 5.60 Å². The fraction of sp³-hybridized carbons (Fsp3) is 0.533. The molecule has 1 aromatic carbocycles. The zero-order chi connectivity index (χ0) is 13.0. The average Bonchev–Trinajstić information content (AvgIpc) is 2.42. The van der Waals surface area contributed by atoms with Crippen LogP contribution in [-0.2, 0) is 15.1 Å². The van der Waals surface area contributed by atoms with Crippen LogP contribution in [0.5, 0.6) is 0 Å². The predicted octanol–water partition coefficient (Wildman–Crippen LogP) is 2.63. The summed E-state index contributed by atoms with van der Waals surface area (Å²) in [5.41, 5.74) is 0.0341. The number of benzene rings is 1. The largest absolute Gasteiger partial charge is 0.469 e. The molecule has 1 aromatic rings. The van der Waals surface area contributed by atoms with Crippen LogP contribution in [0.2, 0.25) is 0 Å². The molecule has 0 aliphatic heterocycles. The lowest BCUT2D eigenvalue weighted by Gasteiger charge is -2.40. The maximum Gasteiger partial charge on any atom is 0.305 e. The first-order valence-electron chi connectivity index (χ1n) is 6.51. The Morgan fingerprint density at radius 3 is 2.78 bits per heavy atom. The normalized spacial score (nSPS) is 27.8. The molecule has 0 saturated heterocycles. The Morgan fingerprint density at radius 1 is 1.39 bits per heavy atom. The highest BCUT2D eigenvalue weighted by Crippen LogP contribution is 2.43. The van der Waals surface area contributed by atoms with Crippen molar-refractivity contribution < 1.29 is 14.6 Å². The number of esters is 1. The SMILES string of the molecule is COC(=O)C[C@@H]1CCCC[C@@]1(O)c1ccccc1. The fourth-order valence-corrected chi connectivity index (χ4v) is 2.89. The quantitative estimate of drug-likeness (QED) is 0.836. The van der Waals surface area contributed by atoms with Gasteiger partial charge in [-0.15, -0.1) is 0 Å². The topological polar surface area (TPSA) is 46.5 Å². The van der Waals surface area contributed by atoms with Gasteiger partial charge in [0.1, 0.15) is 0 Å². The number of methoxy groups -OCH3 is 1. The molecule has 18 heavy (non-hydrogen) atoms.